The molecule has 3 aromatic heterocycles. The van der Waals surface area contributed by atoms with Crippen LogP contribution >= 0.6 is 23.5 Å². The Morgan fingerprint density at radius 3 is 2.62 bits per heavy atom. The average molecular weight is 497 g/mol. The van der Waals surface area contributed by atoms with Crippen LogP contribution in [0.5, 0.6) is 11.5 Å². The van der Waals surface area contributed by atoms with Crippen molar-refractivity contribution in [2.45, 2.75) is 18.6 Å². The van der Waals surface area contributed by atoms with Crippen molar-refractivity contribution < 1.29 is 13.9 Å². The maximum Gasteiger partial charge on any atom is 0.239 e. The van der Waals surface area contributed by atoms with E-state index < -0.39 is 0 Å². The third-order valence-corrected chi connectivity index (χ3v) is 6.00. The molecule has 0 amide bonds. The second kappa shape index (κ2) is 10.5. The van der Waals surface area contributed by atoms with Gasteiger partial charge in [-0.1, -0.05) is 24.6 Å². The lowest BCUT2D eigenvalue weighted by molar-refractivity contribution is 0.391. The normalized spacial score (nSPS) is 11.6. The SMILES string of the molecule is COc1cccc(OC)c1-n1c(NSC(C)Cc2ncc(Cl)cc2C#N)nnc1-c1ccco1. The number of pyridine rings is 1. The van der Waals surface area contributed by atoms with Crippen molar-refractivity contribution in [2.75, 3.05) is 18.9 Å². The molecule has 0 spiro atoms. The van der Waals surface area contributed by atoms with Crippen LogP contribution in [0.1, 0.15) is 18.2 Å². The Labute approximate surface area is 205 Å². The van der Waals surface area contributed by atoms with E-state index >= 15 is 0 Å². The van der Waals surface area contributed by atoms with E-state index in [-0.39, 0.29) is 5.25 Å². The summed E-state index contributed by atoms with van der Waals surface area (Å²) in [6.07, 6.45) is 3.67. The fourth-order valence-electron chi connectivity index (χ4n) is 3.37. The van der Waals surface area contributed by atoms with E-state index in [1.54, 1.807) is 49.4 Å². The van der Waals surface area contributed by atoms with Crippen molar-refractivity contribution in [1.29, 1.82) is 5.26 Å². The molecule has 0 bridgehead atoms. The molecule has 174 valence electrons. The molecule has 3 heterocycles. The van der Waals surface area contributed by atoms with Gasteiger partial charge >= 0.3 is 0 Å². The standard InChI is InChI=1S/C23H21ClN6O3S/c1-14(10-17-15(12-25)11-16(24)13-26-17)34-29-23-28-27-22(20-8-5-9-33-20)30(23)21-18(31-2)6-4-7-19(21)32-3/h4-9,11,13-14H,10H2,1-3H3,(H,28,29). The molecular formula is C23H21ClN6O3S. The van der Waals surface area contributed by atoms with E-state index in [1.165, 1.54) is 11.9 Å². The van der Waals surface area contributed by atoms with E-state index in [0.29, 0.717) is 57.4 Å². The lowest BCUT2D eigenvalue weighted by Crippen LogP contribution is -2.11. The van der Waals surface area contributed by atoms with Crippen LogP contribution in [0, 0.1) is 11.3 Å². The van der Waals surface area contributed by atoms with Crippen LogP contribution in [-0.4, -0.2) is 39.2 Å². The maximum absolute atomic E-state index is 9.39. The molecular weight excluding hydrogens is 476 g/mol. The number of halogens is 1. The molecule has 0 saturated carbocycles. The van der Waals surface area contributed by atoms with Crippen molar-refractivity contribution in [2.24, 2.45) is 0 Å². The summed E-state index contributed by atoms with van der Waals surface area (Å²) < 4.78 is 21.9. The maximum atomic E-state index is 9.39. The van der Waals surface area contributed by atoms with Gasteiger partial charge in [-0.2, -0.15) is 5.26 Å². The zero-order valence-corrected chi connectivity index (χ0v) is 20.2. The molecule has 0 aliphatic carbocycles. The molecule has 0 aliphatic heterocycles. The van der Waals surface area contributed by atoms with Gasteiger partial charge in [0.05, 0.1) is 36.8 Å². The zero-order valence-electron chi connectivity index (χ0n) is 18.7. The summed E-state index contributed by atoms with van der Waals surface area (Å²) in [7, 11) is 3.18. The Morgan fingerprint density at radius 1 is 1.21 bits per heavy atom. The number of methoxy groups -OCH3 is 2. The largest absolute Gasteiger partial charge is 0.494 e. The number of nitriles is 1. The molecule has 0 aliphatic rings. The number of nitrogens with one attached hydrogen (secondary N) is 1. The first-order chi connectivity index (χ1) is 16.5. The third-order valence-electron chi connectivity index (χ3n) is 4.92. The Morgan fingerprint density at radius 2 is 1.97 bits per heavy atom. The van der Waals surface area contributed by atoms with Crippen LogP contribution in [0.2, 0.25) is 5.02 Å². The van der Waals surface area contributed by atoms with Gasteiger partial charge in [0.15, 0.2) is 5.76 Å². The summed E-state index contributed by atoms with van der Waals surface area (Å²) in [6, 6.07) is 12.9. The number of hydrogen-bond acceptors (Lipinski definition) is 9. The van der Waals surface area contributed by atoms with Crippen LogP contribution in [0.15, 0.2) is 53.3 Å². The van der Waals surface area contributed by atoms with Crippen molar-refractivity contribution >= 4 is 29.5 Å². The van der Waals surface area contributed by atoms with Crippen LogP contribution in [0.25, 0.3) is 17.3 Å². The highest BCUT2D eigenvalue weighted by Crippen LogP contribution is 2.38. The zero-order chi connectivity index (χ0) is 24.1. The molecule has 0 radical (unpaired) electrons. The van der Waals surface area contributed by atoms with Crippen LogP contribution in [0.3, 0.4) is 0 Å². The monoisotopic (exact) mass is 496 g/mol. The summed E-state index contributed by atoms with van der Waals surface area (Å²) >= 11 is 7.39. The van der Waals surface area contributed by atoms with Gasteiger partial charge in [0.1, 0.15) is 23.3 Å². The van der Waals surface area contributed by atoms with Gasteiger partial charge in [-0.15, -0.1) is 10.2 Å². The highest BCUT2D eigenvalue weighted by atomic mass is 35.5. The minimum absolute atomic E-state index is 0.0394. The molecule has 1 aromatic carbocycles. The Hall–Kier alpha value is -3.68. The Bertz CT molecular complexity index is 1300. The molecule has 0 fully saturated rings. The summed E-state index contributed by atoms with van der Waals surface area (Å²) in [5.74, 6) is 2.63. The minimum atomic E-state index is 0.0394. The van der Waals surface area contributed by atoms with E-state index in [1.807, 2.05) is 25.1 Å². The number of para-hydroxylation sites is 1. The fraction of sp³-hybridized carbons (Fsp3) is 0.217. The topological polar surface area (TPSA) is 111 Å². The van der Waals surface area contributed by atoms with E-state index in [9.17, 15) is 5.26 Å². The highest BCUT2D eigenvalue weighted by molar-refractivity contribution is 8.01. The van der Waals surface area contributed by atoms with Crippen molar-refractivity contribution in [3.63, 3.8) is 0 Å². The second-order valence-corrected chi connectivity index (χ2v) is 8.85. The van der Waals surface area contributed by atoms with Gasteiger partial charge in [0, 0.05) is 17.9 Å². The predicted octanol–water partition coefficient (Wildman–Crippen LogP) is 5.16. The summed E-state index contributed by atoms with van der Waals surface area (Å²) in [5, 5.41) is 18.6. The molecule has 9 nitrogen and oxygen atoms in total. The van der Waals surface area contributed by atoms with Crippen LogP contribution in [0.4, 0.5) is 5.95 Å². The Balaban J connectivity index is 1.66. The molecule has 11 heteroatoms. The first-order valence-corrected chi connectivity index (χ1v) is 11.5. The molecule has 1 unspecified atom stereocenters. The molecule has 4 aromatic rings. The molecule has 1 atom stereocenters. The highest BCUT2D eigenvalue weighted by Gasteiger charge is 2.24. The lowest BCUT2D eigenvalue weighted by Gasteiger charge is -2.18. The third kappa shape index (κ3) is 4.81. The quantitative estimate of drug-likeness (QED) is 0.314. The van der Waals surface area contributed by atoms with Gasteiger partial charge in [-0.05, 0) is 42.3 Å². The van der Waals surface area contributed by atoms with Crippen LogP contribution < -0.4 is 14.2 Å². The van der Waals surface area contributed by atoms with E-state index in [2.05, 4.69) is 26.0 Å². The average Bonchev–Trinajstić information content (AvgIpc) is 3.53. The van der Waals surface area contributed by atoms with Crippen molar-refractivity contribution in [1.82, 2.24) is 19.7 Å². The van der Waals surface area contributed by atoms with E-state index in [4.69, 9.17) is 25.5 Å². The molecule has 4 rings (SSSR count). The first kappa shape index (κ1) is 23.5. The van der Waals surface area contributed by atoms with Gasteiger partial charge < -0.3 is 13.9 Å². The number of furan rings is 1. The van der Waals surface area contributed by atoms with Gasteiger partial charge in [0.2, 0.25) is 11.8 Å². The molecule has 1 N–H and O–H groups in total. The molecule has 34 heavy (non-hydrogen) atoms. The summed E-state index contributed by atoms with van der Waals surface area (Å²) in [6.45, 7) is 2.02. The van der Waals surface area contributed by atoms with Gasteiger partial charge in [-0.3, -0.25) is 14.3 Å². The number of nitrogens with zero attached hydrogens (tertiary/aromatic N) is 5. The summed E-state index contributed by atoms with van der Waals surface area (Å²) in [5.41, 5.74) is 1.77. The number of ether oxygens (including phenoxy) is 2. The predicted molar refractivity (Wildman–Crippen MR) is 131 cm³/mol. The van der Waals surface area contributed by atoms with Crippen LogP contribution in [-0.2, 0) is 6.42 Å². The first-order valence-electron chi connectivity index (χ1n) is 10.2. The van der Waals surface area contributed by atoms with Gasteiger partial charge in [0.25, 0.3) is 0 Å². The van der Waals surface area contributed by atoms with E-state index in [0.717, 1.165) is 0 Å². The molecule has 0 saturated heterocycles. The second-order valence-electron chi connectivity index (χ2n) is 7.17. The number of aromatic nitrogens is 4. The summed E-state index contributed by atoms with van der Waals surface area (Å²) in [4.78, 5) is 4.32. The fourth-order valence-corrected chi connectivity index (χ4v) is 4.21. The Kier molecular flexibility index (Phi) is 7.25. The number of rotatable bonds is 9. The smallest absolute Gasteiger partial charge is 0.239 e. The van der Waals surface area contributed by atoms with Gasteiger partial charge in [-0.25, -0.2) is 0 Å². The lowest BCUT2D eigenvalue weighted by atomic mass is 10.1. The number of benzene rings is 1. The van der Waals surface area contributed by atoms with Crippen molar-refractivity contribution in [3.8, 4) is 34.8 Å². The number of anilines is 1. The number of hydrogen-bond donors (Lipinski definition) is 1. The minimum Gasteiger partial charge on any atom is -0.494 e. The van der Waals surface area contributed by atoms with Crippen molar-refractivity contribution in [3.05, 3.63) is 65.1 Å².